The van der Waals surface area contributed by atoms with Gasteiger partial charge in [-0.2, -0.15) is 13.2 Å². The Morgan fingerprint density at radius 1 is 1.46 bits per heavy atom. The molecule has 0 aromatic heterocycles. The molecule has 13 heavy (non-hydrogen) atoms. The first-order chi connectivity index (χ1) is 5.75. The van der Waals surface area contributed by atoms with Crippen LogP contribution in [0.15, 0.2) is 0 Å². The molecule has 0 aromatic carbocycles. The number of ether oxygens (including phenoxy) is 1. The molecule has 0 N–H and O–H groups in total. The van der Waals surface area contributed by atoms with Gasteiger partial charge in [-0.3, -0.25) is 0 Å². The smallest absolute Gasteiger partial charge is 0.361 e. The molecule has 0 aliphatic carbocycles. The highest BCUT2D eigenvalue weighted by molar-refractivity contribution is 9.09. The first kappa shape index (κ1) is 13.5. The summed E-state index contributed by atoms with van der Waals surface area (Å²) in [6.45, 7) is 2.49. The van der Waals surface area contributed by atoms with Gasteiger partial charge in [-0.05, 0) is 13.8 Å². The molecule has 0 rings (SSSR count). The van der Waals surface area contributed by atoms with Crippen molar-refractivity contribution in [3.05, 3.63) is 0 Å². The summed E-state index contributed by atoms with van der Waals surface area (Å²) in [6.07, 6.45) is -6.14. The van der Waals surface area contributed by atoms with Crippen molar-refractivity contribution < 1.29 is 17.9 Å². The molecule has 6 heteroatoms. The quantitative estimate of drug-likeness (QED) is 0.719. The fourth-order valence-corrected chi connectivity index (χ4v) is 1.31. The molecular weight excluding hydrogens is 272 g/mol. The molecule has 1 nitrogen and oxygen atoms in total. The summed E-state index contributed by atoms with van der Waals surface area (Å²) >= 11 is 8.53. The lowest BCUT2D eigenvalue weighted by atomic mass is 10.2. The van der Waals surface area contributed by atoms with E-state index in [1.807, 2.05) is 0 Å². The molecule has 0 amide bonds. The zero-order valence-corrected chi connectivity index (χ0v) is 9.63. The van der Waals surface area contributed by atoms with E-state index in [2.05, 4.69) is 15.9 Å². The van der Waals surface area contributed by atoms with Crippen molar-refractivity contribution in [2.45, 2.75) is 31.7 Å². The molecular formula is C7H11BrClF3O. The Kier molecular flexibility index (Phi) is 5.04. The van der Waals surface area contributed by atoms with Crippen LogP contribution in [-0.2, 0) is 4.74 Å². The maximum absolute atomic E-state index is 12.1. The van der Waals surface area contributed by atoms with E-state index >= 15 is 0 Å². The highest BCUT2D eigenvalue weighted by Gasteiger charge is 2.41. The van der Waals surface area contributed by atoms with Gasteiger partial charge in [0.05, 0.1) is 11.5 Å². The van der Waals surface area contributed by atoms with Crippen LogP contribution in [0.25, 0.3) is 0 Å². The minimum absolute atomic E-state index is 0.0126. The fraction of sp³-hybridized carbons (Fsp3) is 1.00. The van der Waals surface area contributed by atoms with Crippen molar-refractivity contribution in [1.82, 2.24) is 0 Å². The Balaban J connectivity index is 4.25. The largest absolute Gasteiger partial charge is 0.414 e. The van der Waals surface area contributed by atoms with Gasteiger partial charge in [-0.25, -0.2) is 0 Å². The highest BCUT2D eigenvalue weighted by atomic mass is 79.9. The van der Waals surface area contributed by atoms with Gasteiger partial charge in [0.1, 0.15) is 0 Å². The molecule has 0 bridgehead atoms. The van der Waals surface area contributed by atoms with Crippen molar-refractivity contribution in [1.29, 1.82) is 0 Å². The zero-order valence-electron chi connectivity index (χ0n) is 7.29. The van der Waals surface area contributed by atoms with Crippen LogP contribution >= 0.6 is 27.5 Å². The van der Waals surface area contributed by atoms with Gasteiger partial charge in [0, 0.05) is 5.33 Å². The maximum atomic E-state index is 12.1. The van der Waals surface area contributed by atoms with Crippen molar-refractivity contribution in [3.8, 4) is 0 Å². The minimum atomic E-state index is -4.34. The molecule has 0 saturated carbocycles. The number of hydrogen-bond acceptors (Lipinski definition) is 1. The Labute approximate surface area is 88.7 Å². The second-order valence-electron chi connectivity index (χ2n) is 3.02. The molecule has 2 unspecified atom stereocenters. The number of hydrogen-bond donors (Lipinski definition) is 0. The van der Waals surface area contributed by atoms with Crippen LogP contribution in [-0.4, -0.2) is 29.1 Å². The molecule has 0 spiro atoms. The van der Waals surface area contributed by atoms with Crippen molar-refractivity contribution in [3.63, 3.8) is 0 Å². The molecule has 0 heterocycles. The lowest BCUT2D eigenvalue weighted by molar-refractivity contribution is -0.237. The first-order valence-electron chi connectivity index (χ1n) is 3.61. The van der Waals surface area contributed by atoms with Crippen LogP contribution < -0.4 is 0 Å². The summed E-state index contributed by atoms with van der Waals surface area (Å²) in [5.41, 5.74) is -0.976. The molecule has 0 fully saturated rings. The Morgan fingerprint density at radius 3 is 2.15 bits per heavy atom. The van der Waals surface area contributed by atoms with Crippen LogP contribution in [0, 0.1) is 0 Å². The van der Waals surface area contributed by atoms with Gasteiger partial charge in [-0.15, -0.1) is 11.6 Å². The Morgan fingerprint density at radius 2 is 1.92 bits per heavy atom. The monoisotopic (exact) mass is 282 g/mol. The standard InChI is InChI=1S/C7H11BrClF3O/c1-5(7(10,11)12)13-6(2,3-8)4-9/h5H,3-4H2,1-2H3. The van der Waals surface area contributed by atoms with E-state index in [0.29, 0.717) is 0 Å². The summed E-state index contributed by atoms with van der Waals surface area (Å²) < 4.78 is 41.0. The summed E-state index contributed by atoms with van der Waals surface area (Å²) in [5.74, 6) is 0.0126. The van der Waals surface area contributed by atoms with E-state index in [1.165, 1.54) is 6.92 Å². The van der Waals surface area contributed by atoms with Gasteiger partial charge in [0.2, 0.25) is 0 Å². The topological polar surface area (TPSA) is 9.23 Å². The van der Waals surface area contributed by atoms with Crippen LogP contribution in [0.1, 0.15) is 13.8 Å². The number of halogens is 5. The van der Waals surface area contributed by atoms with E-state index in [-0.39, 0.29) is 11.2 Å². The van der Waals surface area contributed by atoms with Gasteiger partial charge in [0.25, 0.3) is 0 Å². The third-order valence-corrected chi connectivity index (χ3v) is 3.24. The first-order valence-corrected chi connectivity index (χ1v) is 5.27. The van der Waals surface area contributed by atoms with Gasteiger partial charge >= 0.3 is 6.18 Å². The van der Waals surface area contributed by atoms with Crippen molar-refractivity contribution >= 4 is 27.5 Å². The van der Waals surface area contributed by atoms with E-state index < -0.39 is 17.9 Å². The van der Waals surface area contributed by atoms with E-state index in [9.17, 15) is 13.2 Å². The predicted octanol–water partition coefficient (Wildman–Crippen LogP) is 3.35. The molecule has 0 aliphatic heterocycles. The third kappa shape index (κ3) is 4.51. The highest BCUT2D eigenvalue weighted by Crippen LogP contribution is 2.28. The van der Waals surface area contributed by atoms with Crippen LogP contribution in [0.5, 0.6) is 0 Å². The van der Waals surface area contributed by atoms with E-state index in [4.69, 9.17) is 16.3 Å². The summed E-state index contributed by atoms with van der Waals surface area (Å²) in [4.78, 5) is 0. The zero-order chi connectivity index (χ0) is 10.7. The molecule has 80 valence electrons. The summed E-state index contributed by atoms with van der Waals surface area (Å²) in [5, 5.41) is 0.268. The maximum Gasteiger partial charge on any atom is 0.414 e. The molecule has 0 aromatic rings. The van der Waals surface area contributed by atoms with Gasteiger partial charge in [0.15, 0.2) is 6.10 Å². The Hall–Kier alpha value is 0.520. The molecule has 0 aliphatic rings. The average Bonchev–Trinajstić information content (AvgIpc) is 2.02. The third-order valence-electron chi connectivity index (χ3n) is 1.49. The Bertz CT molecular complexity index is 158. The summed E-state index contributed by atoms with van der Waals surface area (Å²) in [7, 11) is 0. The predicted molar refractivity (Wildman–Crippen MR) is 49.5 cm³/mol. The normalized spacial score (nSPS) is 19.6. The van der Waals surface area contributed by atoms with E-state index in [0.717, 1.165) is 6.92 Å². The van der Waals surface area contributed by atoms with Gasteiger partial charge in [-0.1, -0.05) is 15.9 Å². The number of rotatable bonds is 4. The van der Waals surface area contributed by atoms with Gasteiger partial charge < -0.3 is 4.74 Å². The molecule has 0 saturated heterocycles. The average molecular weight is 284 g/mol. The van der Waals surface area contributed by atoms with Crippen molar-refractivity contribution in [2.75, 3.05) is 11.2 Å². The SMILES string of the molecule is CC(OC(C)(CCl)CBr)C(F)(F)F. The fourth-order valence-electron chi connectivity index (χ4n) is 0.592. The minimum Gasteiger partial charge on any atom is -0.361 e. The lowest BCUT2D eigenvalue weighted by Gasteiger charge is -2.30. The second kappa shape index (κ2) is 4.84. The number of alkyl halides is 5. The van der Waals surface area contributed by atoms with Crippen molar-refractivity contribution in [2.24, 2.45) is 0 Å². The molecule has 0 radical (unpaired) electrons. The summed E-state index contributed by atoms with van der Waals surface area (Å²) in [6, 6.07) is 0. The second-order valence-corrected chi connectivity index (χ2v) is 3.85. The molecule has 2 atom stereocenters. The lowest BCUT2D eigenvalue weighted by Crippen LogP contribution is -2.42. The van der Waals surface area contributed by atoms with Crippen LogP contribution in [0.4, 0.5) is 13.2 Å². The van der Waals surface area contributed by atoms with Crippen LogP contribution in [0.3, 0.4) is 0 Å². The van der Waals surface area contributed by atoms with E-state index in [1.54, 1.807) is 0 Å². The van der Waals surface area contributed by atoms with Crippen LogP contribution in [0.2, 0.25) is 0 Å².